The Morgan fingerprint density at radius 2 is 1.40 bits per heavy atom. The second-order valence-corrected chi connectivity index (χ2v) is 7.68. The van der Waals surface area contributed by atoms with Crippen LogP contribution >= 0.6 is 15.9 Å². The van der Waals surface area contributed by atoms with E-state index in [2.05, 4.69) is 36.3 Å². The number of hydrogen-bond acceptors (Lipinski definition) is 4. The van der Waals surface area contributed by atoms with E-state index in [1.165, 1.54) is 18.2 Å². The van der Waals surface area contributed by atoms with Crippen LogP contribution in [-0.2, 0) is 0 Å². The molecule has 0 fully saturated rings. The van der Waals surface area contributed by atoms with Gasteiger partial charge in [-0.1, -0.05) is 24.3 Å². The monoisotopic (exact) mass is 561 g/mol. The van der Waals surface area contributed by atoms with Crippen molar-refractivity contribution in [1.29, 1.82) is 0 Å². The highest BCUT2D eigenvalue weighted by Gasteiger charge is 2.59. The molecule has 0 aliphatic heterocycles. The molecule has 0 radical (unpaired) electrons. The molecule has 184 valence electrons. The van der Waals surface area contributed by atoms with Crippen LogP contribution in [0.4, 0.5) is 37.7 Å². The summed E-state index contributed by atoms with van der Waals surface area (Å²) >= 11 is 2.89. The van der Waals surface area contributed by atoms with Gasteiger partial charge in [0.2, 0.25) is 5.88 Å². The van der Waals surface area contributed by atoms with Gasteiger partial charge in [-0.25, -0.2) is 4.98 Å². The summed E-state index contributed by atoms with van der Waals surface area (Å²) in [6.45, 7) is 0. The molecule has 2 aromatic carbocycles. The van der Waals surface area contributed by atoms with Crippen LogP contribution in [0.1, 0.15) is 20.7 Å². The summed E-state index contributed by atoms with van der Waals surface area (Å²) in [7, 11) is 0. The van der Waals surface area contributed by atoms with Crippen molar-refractivity contribution in [2.24, 2.45) is 0 Å². The number of alkyl halides is 6. The molecule has 2 N–H and O–H groups in total. The normalized spacial score (nSPS) is 11.8. The Morgan fingerprint density at radius 1 is 0.800 bits per heavy atom. The summed E-state index contributed by atoms with van der Waals surface area (Å²) in [6.07, 6.45) is -15.5. The van der Waals surface area contributed by atoms with Crippen LogP contribution in [0.25, 0.3) is 0 Å². The van der Waals surface area contributed by atoms with Crippen LogP contribution in [0.15, 0.2) is 71.3 Å². The Labute approximate surface area is 202 Å². The molecule has 6 nitrogen and oxygen atoms in total. The van der Waals surface area contributed by atoms with E-state index >= 15 is 0 Å². The molecule has 0 spiro atoms. The van der Waals surface area contributed by atoms with Gasteiger partial charge in [0, 0.05) is 22.9 Å². The zero-order valence-corrected chi connectivity index (χ0v) is 18.8. The van der Waals surface area contributed by atoms with E-state index in [0.29, 0.717) is 11.3 Å². The molecular formula is C22H14BrF6N3O3. The van der Waals surface area contributed by atoms with Crippen molar-refractivity contribution in [3.8, 4) is 5.88 Å². The SMILES string of the molecule is O=C(Nc1cccc(C(=O)Nc2ccc(OC(C(F)(F)F)C(F)(F)F)nc2Br)c1)c1ccccc1. The number of ether oxygens (including phenoxy) is 1. The molecule has 3 rings (SSSR count). The van der Waals surface area contributed by atoms with E-state index in [-0.39, 0.29) is 15.9 Å². The molecule has 0 saturated heterocycles. The summed E-state index contributed by atoms with van der Waals surface area (Å²) in [6, 6.07) is 16.0. The Bertz CT molecular complexity index is 1210. The average Bonchev–Trinajstić information content (AvgIpc) is 2.78. The average molecular weight is 562 g/mol. The number of nitrogens with zero attached hydrogens (tertiary/aromatic N) is 1. The molecule has 1 aromatic heterocycles. The van der Waals surface area contributed by atoms with Crippen LogP contribution < -0.4 is 15.4 Å². The van der Waals surface area contributed by atoms with Gasteiger partial charge in [-0.2, -0.15) is 26.3 Å². The second-order valence-electron chi connectivity index (χ2n) is 6.92. The maximum atomic E-state index is 12.7. The number of carbonyl (C=O) groups excluding carboxylic acids is 2. The lowest BCUT2D eigenvalue weighted by atomic mass is 10.1. The molecule has 35 heavy (non-hydrogen) atoms. The van der Waals surface area contributed by atoms with Gasteiger partial charge >= 0.3 is 12.4 Å². The van der Waals surface area contributed by atoms with Crippen LogP contribution in [0.2, 0.25) is 0 Å². The number of nitrogens with one attached hydrogen (secondary N) is 2. The molecule has 1 heterocycles. The minimum atomic E-state index is -5.71. The number of pyridine rings is 1. The number of benzene rings is 2. The van der Waals surface area contributed by atoms with Gasteiger partial charge in [-0.15, -0.1) is 0 Å². The molecule has 0 bridgehead atoms. The minimum absolute atomic E-state index is 0.0448. The van der Waals surface area contributed by atoms with E-state index in [1.807, 2.05) is 0 Å². The predicted octanol–water partition coefficient (Wildman–Crippen LogP) is 6.22. The summed E-state index contributed by atoms with van der Waals surface area (Å²) in [5, 5.41) is 5.06. The summed E-state index contributed by atoms with van der Waals surface area (Å²) in [5.74, 6) is -2.04. The van der Waals surface area contributed by atoms with Crippen molar-refractivity contribution in [2.45, 2.75) is 18.5 Å². The first-order valence-electron chi connectivity index (χ1n) is 9.59. The van der Waals surface area contributed by atoms with Crippen LogP contribution in [0.3, 0.4) is 0 Å². The van der Waals surface area contributed by atoms with Crippen LogP contribution in [0, 0.1) is 0 Å². The van der Waals surface area contributed by atoms with Gasteiger partial charge in [0.05, 0.1) is 5.69 Å². The first-order chi connectivity index (χ1) is 16.3. The van der Waals surface area contributed by atoms with Crippen molar-refractivity contribution >= 4 is 39.1 Å². The molecule has 2 amide bonds. The van der Waals surface area contributed by atoms with Crippen LogP contribution in [0.5, 0.6) is 5.88 Å². The van der Waals surface area contributed by atoms with Gasteiger partial charge in [0.25, 0.3) is 17.9 Å². The lowest BCUT2D eigenvalue weighted by Gasteiger charge is -2.23. The van der Waals surface area contributed by atoms with Gasteiger partial charge in [-0.3, -0.25) is 9.59 Å². The van der Waals surface area contributed by atoms with Gasteiger partial charge in [0.15, 0.2) is 0 Å². The Hall–Kier alpha value is -3.61. The van der Waals surface area contributed by atoms with Crippen molar-refractivity contribution in [3.05, 3.63) is 82.5 Å². The molecule has 0 aliphatic carbocycles. The number of carbonyl (C=O) groups is 2. The lowest BCUT2D eigenvalue weighted by Crippen LogP contribution is -2.46. The van der Waals surface area contributed by atoms with E-state index in [9.17, 15) is 35.9 Å². The number of rotatable bonds is 6. The maximum absolute atomic E-state index is 12.7. The Balaban J connectivity index is 1.71. The number of anilines is 2. The van der Waals surface area contributed by atoms with Crippen molar-refractivity contribution in [3.63, 3.8) is 0 Å². The molecule has 13 heteroatoms. The summed E-state index contributed by atoms with van der Waals surface area (Å²) in [4.78, 5) is 28.4. The molecule has 0 saturated carbocycles. The van der Waals surface area contributed by atoms with E-state index in [1.54, 1.807) is 36.4 Å². The van der Waals surface area contributed by atoms with E-state index in [4.69, 9.17) is 0 Å². The number of amides is 2. The third kappa shape index (κ3) is 6.94. The maximum Gasteiger partial charge on any atom is 0.434 e. The first kappa shape index (κ1) is 26.0. The second kappa shape index (κ2) is 10.3. The highest BCUT2D eigenvalue weighted by atomic mass is 79.9. The fourth-order valence-corrected chi connectivity index (χ4v) is 3.15. The quantitative estimate of drug-likeness (QED) is 0.276. The number of hydrogen-bond donors (Lipinski definition) is 2. The van der Waals surface area contributed by atoms with E-state index < -0.39 is 36.2 Å². The van der Waals surface area contributed by atoms with Gasteiger partial charge < -0.3 is 15.4 Å². The van der Waals surface area contributed by atoms with Crippen molar-refractivity contribution in [1.82, 2.24) is 4.98 Å². The first-order valence-corrected chi connectivity index (χ1v) is 10.4. The zero-order valence-electron chi connectivity index (χ0n) is 17.2. The third-order valence-corrected chi connectivity index (χ3v) is 4.93. The molecular weight excluding hydrogens is 548 g/mol. The summed E-state index contributed by atoms with van der Waals surface area (Å²) < 4.78 is 79.8. The Morgan fingerprint density at radius 3 is 2.00 bits per heavy atom. The topological polar surface area (TPSA) is 80.3 Å². The highest BCUT2D eigenvalue weighted by molar-refractivity contribution is 9.10. The van der Waals surface area contributed by atoms with E-state index in [0.717, 1.165) is 12.1 Å². The molecule has 0 unspecified atom stereocenters. The summed E-state index contributed by atoms with van der Waals surface area (Å²) in [5.41, 5.74) is 0.782. The van der Waals surface area contributed by atoms with Crippen LogP contribution in [-0.4, -0.2) is 35.3 Å². The fraction of sp³-hybridized carbons (Fsp3) is 0.136. The molecule has 0 atom stereocenters. The zero-order chi connectivity index (χ0) is 25.8. The Kier molecular flexibility index (Phi) is 7.68. The molecule has 0 aliphatic rings. The highest BCUT2D eigenvalue weighted by Crippen LogP contribution is 2.36. The fourth-order valence-electron chi connectivity index (χ4n) is 2.74. The number of halogens is 7. The smallest absolute Gasteiger partial charge is 0.434 e. The largest absolute Gasteiger partial charge is 0.455 e. The predicted molar refractivity (Wildman–Crippen MR) is 117 cm³/mol. The minimum Gasteiger partial charge on any atom is -0.455 e. The van der Waals surface area contributed by atoms with Crippen molar-refractivity contribution < 1.29 is 40.7 Å². The standard InChI is InChI=1S/C22H14BrF6N3O3/c23-17-15(9-10-16(32-17)35-20(21(24,25)26)22(27,28)29)31-19(34)13-7-4-8-14(11-13)30-18(33)12-5-2-1-3-6-12/h1-11,20H,(H,30,33)(H,31,34). The third-order valence-electron chi connectivity index (χ3n) is 4.32. The number of aromatic nitrogens is 1. The molecule has 3 aromatic rings. The van der Waals surface area contributed by atoms with Crippen molar-refractivity contribution in [2.75, 3.05) is 10.6 Å². The van der Waals surface area contributed by atoms with Gasteiger partial charge in [-0.05, 0) is 52.3 Å². The van der Waals surface area contributed by atoms with Gasteiger partial charge in [0.1, 0.15) is 4.60 Å². The lowest BCUT2D eigenvalue weighted by molar-refractivity contribution is -0.300.